The summed E-state index contributed by atoms with van der Waals surface area (Å²) in [6, 6.07) is 0. The number of allylic oxidation sites excluding steroid dienone is 8. The molecule has 0 fully saturated rings. The van der Waals surface area contributed by atoms with Gasteiger partial charge in [0.05, 0.1) is 0 Å². The number of rotatable bonds is 14. The van der Waals surface area contributed by atoms with E-state index in [2.05, 4.69) is 69.2 Å². The van der Waals surface area contributed by atoms with Gasteiger partial charge in [-0.25, -0.2) is 0 Å². The molecule has 33 heavy (non-hydrogen) atoms. The van der Waals surface area contributed by atoms with Crippen molar-refractivity contribution in [1.82, 2.24) is 0 Å². The van der Waals surface area contributed by atoms with Crippen LogP contribution in [0.1, 0.15) is 146 Å². The summed E-state index contributed by atoms with van der Waals surface area (Å²) in [4.78, 5) is 0. The average molecular weight is 495 g/mol. The molecule has 0 heterocycles. The van der Waals surface area contributed by atoms with E-state index in [1.165, 1.54) is 92.0 Å². The van der Waals surface area contributed by atoms with E-state index < -0.39 is 0 Å². The molecule has 0 aromatic heterocycles. The van der Waals surface area contributed by atoms with Gasteiger partial charge in [0, 0.05) is 0 Å². The van der Waals surface area contributed by atoms with Crippen molar-refractivity contribution in [2.75, 3.05) is 0 Å². The third kappa shape index (κ3) is 4.56. The van der Waals surface area contributed by atoms with Crippen molar-refractivity contribution in [3.63, 3.8) is 0 Å². The minimum atomic E-state index is 0.271. The molecular formula is C32H54Fe. The van der Waals surface area contributed by atoms with Gasteiger partial charge in [0.25, 0.3) is 0 Å². The Hall–Kier alpha value is -0.521. The molecule has 0 aromatic carbocycles. The first-order chi connectivity index (χ1) is 15.9. The van der Waals surface area contributed by atoms with Crippen LogP contribution in [0.2, 0.25) is 8.63 Å². The first-order valence-electron chi connectivity index (χ1n) is 14.5. The Bertz CT molecular complexity index is 689. The monoisotopic (exact) mass is 494 g/mol. The van der Waals surface area contributed by atoms with Crippen LogP contribution >= 0.6 is 0 Å². The fourth-order valence-electron chi connectivity index (χ4n) is 7.54. The predicted molar refractivity (Wildman–Crippen MR) is 146 cm³/mol. The second kappa shape index (κ2) is 12.4. The summed E-state index contributed by atoms with van der Waals surface area (Å²) >= 11 is 1.33. The molecule has 0 saturated carbocycles. The van der Waals surface area contributed by atoms with E-state index in [1.54, 1.807) is 22.3 Å². The maximum absolute atomic E-state index is 2.45. The van der Waals surface area contributed by atoms with Crippen LogP contribution in [-0.4, -0.2) is 0 Å². The van der Waals surface area contributed by atoms with Crippen LogP contribution in [0.5, 0.6) is 0 Å². The van der Waals surface area contributed by atoms with Crippen molar-refractivity contribution in [3.8, 4) is 0 Å². The summed E-state index contributed by atoms with van der Waals surface area (Å²) in [5.74, 6) is 0. The average Bonchev–Trinajstić information content (AvgIpc) is 3.23. The summed E-state index contributed by atoms with van der Waals surface area (Å²) in [6.45, 7) is 24.3. The van der Waals surface area contributed by atoms with E-state index in [9.17, 15) is 0 Å². The van der Waals surface area contributed by atoms with E-state index in [4.69, 9.17) is 0 Å². The Labute approximate surface area is 214 Å². The predicted octanol–water partition coefficient (Wildman–Crippen LogP) is 11.5. The molecule has 0 aromatic rings. The van der Waals surface area contributed by atoms with E-state index in [0.717, 1.165) is 0 Å². The Morgan fingerprint density at radius 1 is 0.394 bits per heavy atom. The topological polar surface area (TPSA) is 0 Å². The minimum absolute atomic E-state index is 0.271. The SMILES string of the molecule is CCC[C]1([Fe][C]2(CCC)C(CC)=C(CC)C(CC)=C2CC)C(CC)=C(CC)C(CC)=C1CC. The summed E-state index contributed by atoms with van der Waals surface area (Å²) in [5.41, 5.74) is 14.3. The molecule has 0 radical (unpaired) electrons. The quantitative estimate of drug-likeness (QED) is 0.211. The molecule has 1 heteroatoms. The van der Waals surface area contributed by atoms with Gasteiger partial charge in [-0.2, -0.15) is 0 Å². The Morgan fingerprint density at radius 3 is 0.788 bits per heavy atom. The van der Waals surface area contributed by atoms with Gasteiger partial charge in [-0.3, -0.25) is 0 Å². The van der Waals surface area contributed by atoms with Crippen molar-refractivity contribution in [2.24, 2.45) is 0 Å². The van der Waals surface area contributed by atoms with E-state index >= 15 is 0 Å². The van der Waals surface area contributed by atoms with Crippen molar-refractivity contribution < 1.29 is 15.0 Å². The van der Waals surface area contributed by atoms with E-state index in [1.807, 2.05) is 22.3 Å². The zero-order valence-electron chi connectivity index (χ0n) is 23.8. The fourth-order valence-corrected chi connectivity index (χ4v) is 11.3. The Morgan fingerprint density at radius 2 is 0.636 bits per heavy atom. The van der Waals surface area contributed by atoms with Gasteiger partial charge in [-0.1, -0.05) is 0 Å². The molecule has 0 N–H and O–H groups in total. The molecule has 2 aliphatic rings. The van der Waals surface area contributed by atoms with Gasteiger partial charge in [0.15, 0.2) is 0 Å². The van der Waals surface area contributed by atoms with Crippen molar-refractivity contribution >= 4 is 0 Å². The second-order valence-corrected chi connectivity index (χ2v) is 12.0. The van der Waals surface area contributed by atoms with Crippen LogP contribution < -0.4 is 0 Å². The van der Waals surface area contributed by atoms with Crippen LogP contribution in [0.25, 0.3) is 0 Å². The molecule has 0 aliphatic heterocycles. The number of hydrogen-bond acceptors (Lipinski definition) is 0. The molecule has 0 saturated heterocycles. The molecule has 0 unspecified atom stereocenters. The van der Waals surface area contributed by atoms with Gasteiger partial charge in [0.1, 0.15) is 0 Å². The molecular weight excluding hydrogens is 440 g/mol. The van der Waals surface area contributed by atoms with E-state index in [-0.39, 0.29) is 8.63 Å². The van der Waals surface area contributed by atoms with Crippen LogP contribution in [-0.2, 0) is 15.0 Å². The van der Waals surface area contributed by atoms with Crippen LogP contribution in [0, 0.1) is 0 Å². The molecule has 2 rings (SSSR count). The fraction of sp³-hybridized carbons (Fsp3) is 0.750. The maximum atomic E-state index is 2.45. The van der Waals surface area contributed by atoms with Gasteiger partial charge < -0.3 is 0 Å². The molecule has 0 bridgehead atoms. The molecule has 0 amide bonds. The molecule has 0 atom stereocenters. The first-order valence-corrected chi connectivity index (χ1v) is 15.6. The van der Waals surface area contributed by atoms with Gasteiger partial charge in [0.2, 0.25) is 0 Å². The Kier molecular flexibility index (Phi) is 10.8. The van der Waals surface area contributed by atoms with Crippen LogP contribution in [0.4, 0.5) is 0 Å². The van der Waals surface area contributed by atoms with Crippen molar-refractivity contribution in [1.29, 1.82) is 0 Å². The summed E-state index contributed by atoms with van der Waals surface area (Å²) in [6.07, 6.45) is 14.9. The summed E-state index contributed by atoms with van der Waals surface area (Å²) < 4.78 is 0.542. The van der Waals surface area contributed by atoms with E-state index in [0.29, 0.717) is 0 Å². The molecule has 190 valence electrons. The van der Waals surface area contributed by atoms with Crippen LogP contribution in [0.3, 0.4) is 0 Å². The second-order valence-electron chi connectivity index (χ2n) is 9.81. The van der Waals surface area contributed by atoms with Crippen LogP contribution in [0.15, 0.2) is 44.6 Å². The Balaban J connectivity index is 2.93. The third-order valence-electron chi connectivity index (χ3n) is 8.38. The number of hydrogen-bond donors (Lipinski definition) is 0. The van der Waals surface area contributed by atoms with Crippen molar-refractivity contribution in [2.45, 2.75) is 155 Å². The van der Waals surface area contributed by atoms with Gasteiger partial charge in [-0.15, -0.1) is 0 Å². The van der Waals surface area contributed by atoms with Gasteiger partial charge >= 0.3 is 214 Å². The van der Waals surface area contributed by atoms with Gasteiger partial charge in [-0.05, 0) is 0 Å². The summed E-state index contributed by atoms with van der Waals surface area (Å²) in [7, 11) is 0. The zero-order valence-corrected chi connectivity index (χ0v) is 24.9. The summed E-state index contributed by atoms with van der Waals surface area (Å²) in [5, 5.41) is 0. The molecule has 2 aliphatic carbocycles. The normalized spacial score (nSPS) is 20.3. The first kappa shape index (κ1) is 28.7. The molecule has 0 nitrogen and oxygen atoms in total. The zero-order chi connectivity index (χ0) is 24.8. The standard InChI is InChI=1S/2C16H27.Fe/c2*1-6-11-16-14(9-4)12(7-2)13(8-3)15(16)10-5;/h2*6-11H2,1-5H3;. The van der Waals surface area contributed by atoms with Crippen molar-refractivity contribution in [3.05, 3.63) is 44.6 Å². The third-order valence-corrected chi connectivity index (χ3v) is 11.2. The molecule has 0 spiro atoms.